The average Bonchev–Trinajstić information content (AvgIpc) is 1.43. The number of hydrogen-bond acceptors (Lipinski definition) is 14. The molecular weight excluding hydrogens is 1200 g/mol. The minimum absolute atomic E-state index is 0.00256. The van der Waals surface area contributed by atoms with Gasteiger partial charge in [-0.2, -0.15) is 0 Å². The smallest absolute Gasteiger partial charge is 0.312 e. The third-order valence-corrected chi connectivity index (χ3v) is 17.8. The van der Waals surface area contributed by atoms with Crippen LogP contribution in [0.4, 0.5) is 10.5 Å². The number of hydrogen-bond donors (Lipinski definition) is 8. The van der Waals surface area contributed by atoms with Crippen molar-refractivity contribution in [3.8, 4) is 0 Å². The van der Waals surface area contributed by atoms with Crippen LogP contribution in [0.3, 0.4) is 0 Å². The molecule has 0 spiro atoms. The van der Waals surface area contributed by atoms with E-state index in [-0.39, 0.29) is 111 Å². The number of imide groups is 1. The van der Waals surface area contributed by atoms with Crippen molar-refractivity contribution in [2.45, 2.75) is 194 Å². The summed E-state index contributed by atoms with van der Waals surface area (Å²) in [5, 5.41) is 19.9. The van der Waals surface area contributed by atoms with Crippen molar-refractivity contribution in [2.24, 2.45) is 35.3 Å². The van der Waals surface area contributed by atoms with Crippen molar-refractivity contribution in [1.29, 1.82) is 0 Å². The summed E-state index contributed by atoms with van der Waals surface area (Å²) in [5.74, 6) is -5.32. The number of nitrogens with one attached hydrogen (secondary N) is 7. The number of urea groups is 1. The third kappa shape index (κ3) is 23.9. The van der Waals surface area contributed by atoms with Crippen LogP contribution in [0.1, 0.15) is 138 Å². The number of anilines is 1. The fourth-order valence-corrected chi connectivity index (χ4v) is 12.4. The third-order valence-electron chi connectivity index (χ3n) is 17.8. The van der Waals surface area contributed by atoms with Crippen LogP contribution in [0.25, 0.3) is 0 Å². The van der Waals surface area contributed by atoms with Gasteiger partial charge < -0.3 is 62.2 Å². The number of unbranched alkanes of at least 4 members (excludes halogenated alkanes) is 2. The van der Waals surface area contributed by atoms with Gasteiger partial charge in [0.05, 0.1) is 42.7 Å². The van der Waals surface area contributed by atoms with Crippen molar-refractivity contribution >= 4 is 70.8 Å². The van der Waals surface area contributed by atoms with Gasteiger partial charge in [0, 0.05) is 78.1 Å². The van der Waals surface area contributed by atoms with Crippen molar-refractivity contribution in [3.05, 3.63) is 77.9 Å². The molecule has 9 N–H and O–H groups in total. The Bertz CT molecular complexity index is 2850. The average molecular weight is 1310 g/mol. The normalized spacial score (nSPS) is 17.1. The van der Waals surface area contributed by atoms with Crippen molar-refractivity contribution in [1.82, 2.24) is 51.5 Å². The minimum atomic E-state index is -1.07. The highest BCUT2D eigenvalue weighted by atomic mass is 16.5. The maximum absolute atomic E-state index is 14.6. The first-order valence-corrected chi connectivity index (χ1v) is 33.3. The van der Waals surface area contributed by atoms with Crippen molar-refractivity contribution < 1.29 is 62.2 Å². The van der Waals surface area contributed by atoms with Crippen LogP contribution in [0.15, 0.2) is 66.7 Å². The molecule has 25 nitrogen and oxygen atoms in total. The predicted octanol–water partition coefficient (Wildman–Crippen LogP) is 4.22. The van der Waals surface area contributed by atoms with Gasteiger partial charge in [-0.25, -0.2) is 4.79 Å². The van der Waals surface area contributed by atoms with Gasteiger partial charge in [-0.1, -0.05) is 118 Å². The molecule has 0 bridgehead atoms. The quantitative estimate of drug-likeness (QED) is 0.0342. The van der Waals surface area contributed by atoms with Gasteiger partial charge in [-0.05, 0) is 106 Å². The number of carbonyl (C=O) groups excluding carboxylic acids is 11. The number of benzene rings is 2. The van der Waals surface area contributed by atoms with Crippen LogP contribution in [-0.2, 0) is 70.3 Å². The summed E-state index contributed by atoms with van der Waals surface area (Å²) in [6, 6.07) is 10.2. The monoisotopic (exact) mass is 1310 g/mol. The summed E-state index contributed by atoms with van der Waals surface area (Å²) in [6.07, 6.45) is 5.42. The van der Waals surface area contributed by atoms with Crippen LogP contribution >= 0.6 is 0 Å². The molecular formula is C69H108N12O13. The zero-order valence-corrected chi connectivity index (χ0v) is 57.9. The lowest BCUT2D eigenvalue weighted by Crippen LogP contribution is -2.59. The molecule has 0 aromatic heterocycles. The Kier molecular flexibility index (Phi) is 32.8. The molecule has 94 heavy (non-hydrogen) atoms. The Morgan fingerprint density at radius 3 is 1.87 bits per heavy atom. The molecule has 11 atom stereocenters. The van der Waals surface area contributed by atoms with Gasteiger partial charge in [-0.3, -0.25) is 57.7 Å². The Hall–Kier alpha value is -7.77. The first-order valence-electron chi connectivity index (χ1n) is 33.3. The van der Waals surface area contributed by atoms with Crippen molar-refractivity contribution in [3.63, 3.8) is 0 Å². The number of ether oxygens (including phenoxy) is 2. The van der Waals surface area contributed by atoms with Gasteiger partial charge >= 0.3 is 6.03 Å². The molecule has 2 aromatic carbocycles. The van der Waals surface area contributed by atoms with Crippen LogP contribution in [0, 0.1) is 29.6 Å². The van der Waals surface area contributed by atoms with Gasteiger partial charge in [0.1, 0.15) is 24.2 Å². The molecule has 0 saturated carbocycles. The van der Waals surface area contributed by atoms with E-state index in [0.717, 1.165) is 16.0 Å². The Balaban J connectivity index is 1.40. The number of nitrogens with zero attached hydrogens (tertiary/aromatic N) is 4. The van der Waals surface area contributed by atoms with Gasteiger partial charge in [0.25, 0.3) is 11.8 Å². The number of primary amides is 1. The van der Waals surface area contributed by atoms with E-state index in [0.29, 0.717) is 57.2 Å². The summed E-state index contributed by atoms with van der Waals surface area (Å²) < 4.78 is 12.2. The summed E-state index contributed by atoms with van der Waals surface area (Å²) in [6.45, 7) is 18.0. The first kappa shape index (κ1) is 78.7. The number of likely N-dealkylation sites (N-methyl/N-ethyl adjacent to an activating group) is 2. The van der Waals surface area contributed by atoms with E-state index in [1.54, 1.807) is 61.9 Å². The van der Waals surface area contributed by atoms with E-state index >= 15 is 0 Å². The largest absolute Gasteiger partial charge is 0.379 e. The summed E-state index contributed by atoms with van der Waals surface area (Å²) in [7, 11) is 8.42. The van der Waals surface area contributed by atoms with Crippen LogP contribution in [-0.4, -0.2) is 201 Å². The van der Waals surface area contributed by atoms with Crippen LogP contribution < -0.4 is 43.0 Å². The summed E-state index contributed by atoms with van der Waals surface area (Å²) in [5.41, 5.74) is 7.30. The van der Waals surface area contributed by atoms with E-state index < -0.39 is 90.1 Å². The second-order valence-corrected chi connectivity index (χ2v) is 26.2. The molecule has 1 saturated heterocycles. The molecule has 2 heterocycles. The predicted molar refractivity (Wildman–Crippen MR) is 359 cm³/mol. The van der Waals surface area contributed by atoms with E-state index in [1.807, 2.05) is 90.9 Å². The van der Waals surface area contributed by atoms with Gasteiger partial charge in [0.15, 0.2) is 0 Å². The maximum Gasteiger partial charge on any atom is 0.312 e. The number of amides is 12. The van der Waals surface area contributed by atoms with E-state index in [1.165, 1.54) is 26.4 Å². The highest BCUT2D eigenvalue weighted by Crippen LogP contribution is 2.30. The summed E-state index contributed by atoms with van der Waals surface area (Å²) in [4.78, 5) is 153. The lowest BCUT2D eigenvalue weighted by atomic mass is 9.89. The topological polar surface area (TPSA) is 329 Å². The molecule has 2 aliphatic heterocycles. The first-order chi connectivity index (χ1) is 44.5. The van der Waals surface area contributed by atoms with E-state index in [4.69, 9.17) is 15.2 Å². The van der Waals surface area contributed by atoms with Crippen LogP contribution in [0.2, 0.25) is 0 Å². The molecule has 7 unspecified atom stereocenters. The SMILES string of the molecule is CCC(C)C(C(CC(=O)N1CCC[C@H]1C(OC)C(C)C(=O)N[C@@H](Cc1ccccc1)C(=O)NCCc1ccc(NC(=O)C(CCCNC(N)=O)NC(=O)[C@H](NC(=O)CCCCCN2C(=O)C=CC2=O)C(C)C)cc1)OC)N(C)C(=O)[C@@H](NC(=O)C(C(C)C)N(C)C)C(C)C. The Morgan fingerprint density at radius 1 is 0.660 bits per heavy atom. The van der Waals surface area contributed by atoms with Crippen LogP contribution in [0.5, 0.6) is 0 Å². The van der Waals surface area contributed by atoms with Gasteiger partial charge in [0.2, 0.25) is 47.3 Å². The Labute approximate surface area is 556 Å². The lowest BCUT2D eigenvalue weighted by molar-refractivity contribution is -0.148. The second-order valence-electron chi connectivity index (χ2n) is 26.2. The minimum Gasteiger partial charge on any atom is -0.379 e. The zero-order valence-electron chi connectivity index (χ0n) is 57.9. The molecule has 2 aromatic rings. The number of carbonyl (C=O) groups is 11. The fraction of sp³-hybridized carbons (Fsp3) is 0.638. The molecule has 1 fully saturated rings. The second kappa shape index (κ2) is 39.2. The van der Waals surface area contributed by atoms with E-state index in [9.17, 15) is 52.7 Å². The standard InChI is InChI=1S/C69H108N12O13/c1-15-45(8)61(79(12)68(91)59(43(4)5)77-67(90)60(44(6)7)78(10)11)53(93-13)41-57(85)80-39-23-27-52(80)62(94-14)46(9)63(86)75-51(40-48-24-18-16-19-25-48)64(87)71-37-35-47-29-31-49(32-30-47)73-65(88)50(26-22-36-72-69(70)92)74-66(89)58(42(2)3)76-54(82)28-20-17-21-38-81-55(83)33-34-56(81)84/h16,18-19,24-25,29-34,42-46,50-53,58-62H,15,17,20-23,26-28,35-41H2,1-14H3,(H,71,87)(H,73,88)(H,74,89)(H,75,86)(H,76,82)(H,77,90)(H3,70,72,92)/t45?,46?,50?,51-,52-,53?,58+,59-,60?,61?,62?/m0/s1. The highest BCUT2D eigenvalue weighted by Gasteiger charge is 2.44. The van der Waals surface area contributed by atoms with Gasteiger partial charge in [-0.15, -0.1) is 0 Å². The molecule has 2 aliphatic rings. The number of nitrogens with two attached hydrogens (primary N) is 1. The van der Waals surface area contributed by atoms with E-state index in [2.05, 4.69) is 37.2 Å². The summed E-state index contributed by atoms with van der Waals surface area (Å²) >= 11 is 0. The number of rotatable bonds is 40. The van der Waals surface area contributed by atoms with Crippen molar-refractivity contribution in [2.75, 3.05) is 66.9 Å². The lowest BCUT2D eigenvalue weighted by Gasteiger charge is -2.41. The maximum atomic E-state index is 14.6. The molecule has 25 heteroatoms. The molecule has 522 valence electrons. The molecule has 4 rings (SSSR count). The molecule has 0 aliphatic carbocycles. The highest BCUT2D eigenvalue weighted by molar-refractivity contribution is 6.12. The number of methoxy groups -OCH3 is 2. The fourth-order valence-electron chi connectivity index (χ4n) is 12.4. The number of likely N-dealkylation sites (tertiary alicyclic amines) is 1. The zero-order chi connectivity index (χ0) is 69.9. The Morgan fingerprint density at radius 2 is 1.30 bits per heavy atom. The molecule has 12 amide bonds. The molecule has 0 radical (unpaired) electrons.